The molecule has 5 aliphatic rings. The van der Waals surface area contributed by atoms with Crippen molar-refractivity contribution in [3.05, 3.63) is 70.9 Å². The lowest BCUT2D eigenvalue weighted by molar-refractivity contribution is -0.181. The molecule has 1 aromatic heterocycles. The van der Waals surface area contributed by atoms with Crippen LogP contribution in [0.1, 0.15) is 71.7 Å². The summed E-state index contributed by atoms with van der Waals surface area (Å²) in [5.74, 6) is -2.41. The Hall–Kier alpha value is -3.89. The van der Waals surface area contributed by atoms with Crippen LogP contribution in [0.15, 0.2) is 48.5 Å². The maximum atomic E-state index is 13.5. The van der Waals surface area contributed by atoms with E-state index in [4.69, 9.17) is 16.3 Å². The monoisotopic (exact) mass is 633 g/mol. The van der Waals surface area contributed by atoms with Gasteiger partial charge in [0.25, 0.3) is 5.91 Å². The predicted molar refractivity (Wildman–Crippen MR) is 165 cm³/mol. The predicted octanol–water partition coefficient (Wildman–Crippen LogP) is 3.94. The fraction of sp³-hybridized carbons (Fsp3) is 0.471. The molecule has 4 fully saturated rings. The molecular weight excluding hydrogens is 598 g/mol. The van der Waals surface area contributed by atoms with Crippen molar-refractivity contribution in [2.24, 2.45) is 17.3 Å². The van der Waals surface area contributed by atoms with Gasteiger partial charge in [0.2, 0.25) is 5.91 Å². The second-order valence-electron chi connectivity index (χ2n) is 13.6. The number of carboxylic acid groups (broad SMARTS) is 1. The minimum atomic E-state index is -1.12. The molecule has 0 radical (unpaired) electrons. The number of para-hydroxylation sites is 1. The number of methoxy groups -OCH3 is 1. The molecule has 7 atom stereocenters. The molecule has 4 bridgehead atoms. The molecule has 236 valence electrons. The van der Waals surface area contributed by atoms with Crippen LogP contribution in [0, 0.1) is 17.3 Å². The Morgan fingerprint density at radius 3 is 2.38 bits per heavy atom. The fourth-order valence-electron chi connectivity index (χ4n) is 9.46. The number of aliphatic hydroxyl groups is 1. The van der Waals surface area contributed by atoms with Crippen LogP contribution in [-0.2, 0) is 25.5 Å². The van der Waals surface area contributed by atoms with E-state index in [0.29, 0.717) is 37.7 Å². The smallest absolute Gasteiger partial charge is 0.328 e. The lowest BCUT2D eigenvalue weighted by Gasteiger charge is -2.61. The van der Waals surface area contributed by atoms with E-state index in [0.717, 1.165) is 28.6 Å². The number of carboxylic acids is 1. The molecule has 2 amide bonds. The zero-order valence-electron chi connectivity index (χ0n) is 24.9. The van der Waals surface area contributed by atoms with Gasteiger partial charge in [-0.2, -0.15) is 0 Å². The van der Waals surface area contributed by atoms with Gasteiger partial charge in [0.15, 0.2) is 0 Å². The molecule has 45 heavy (non-hydrogen) atoms. The zero-order chi connectivity index (χ0) is 31.7. The summed E-state index contributed by atoms with van der Waals surface area (Å²) in [7, 11) is 1.28. The second-order valence-corrected chi connectivity index (χ2v) is 13.8. The number of H-pyrrole nitrogens is 1. The van der Waals surface area contributed by atoms with Crippen LogP contribution in [0.4, 0.5) is 0 Å². The Labute approximate surface area is 265 Å². The number of rotatable bonds is 7. The van der Waals surface area contributed by atoms with Gasteiger partial charge in [0.1, 0.15) is 18.0 Å². The van der Waals surface area contributed by atoms with Crippen LogP contribution in [0.3, 0.4) is 0 Å². The number of aromatic nitrogens is 1. The van der Waals surface area contributed by atoms with E-state index < -0.39 is 52.9 Å². The highest BCUT2D eigenvalue weighted by Gasteiger charge is 2.61. The Balaban J connectivity index is 1.21. The van der Waals surface area contributed by atoms with Crippen molar-refractivity contribution in [3.63, 3.8) is 0 Å². The highest BCUT2D eigenvalue weighted by Crippen LogP contribution is 2.62. The molecule has 10 nitrogen and oxygen atoms in total. The standard InChI is InChI=1S/C34H36ClN3O7/c1-45-32(43)25-11-23-22-4-2-3-5-24(22)36-27(23)28(38(25)26(39)16-35)20-6-8-21(9-7-20)30(40)37-29(31(41)42)33-12-18-10-19(13-33)15-34(44,14-18)17-33/h2-9,18-19,25,28-29,36,44H,10-17H2,1H3,(H,37,40)(H,41,42)/t18-,19+,25-,28+,29-,33?,34?/m1/s1. The van der Waals surface area contributed by atoms with Gasteiger partial charge in [-0.25, -0.2) is 9.59 Å². The average molecular weight is 634 g/mol. The highest BCUT2D eigenvalue weighted by molar-refractivity contribution is 6.27. The maximum absolute atomic E-state index is 13.5. The first-order valence-corrected chi connectivity index (χ1v) is 16.0. The van der Waals surface area contributed by atoms with Crippen molar-refractivity contribution in [1.82, 2.24) is 15.2 Å². The topological polar surface area (TPSA) is 149 Å². The Kier molecular flexibility index (Phi) is 7.20. The minimum Gasteiger partial charge on any atom is -0.480 e. The summed E-state index contributed by atoms with van der Waals surface area (Å²) in [6.07, 6.45) is 4.40. The van der Waals surface area contributed by atoms with Gasteiger partial charge in [-0.15, -0.1) is 11.6 Å². The number of benzene rings is 2. The summed E-state index contributed by atoms with van der Waals surface area (Å²) < 4.78 is 5.10. The van der Waals surface area contributed by atoms with Crippen molar-refractivity contribution < 1.29 is 34.1 Å². The molecule has 8 rings (SSSR count). The number of ether oxygens (including phenoxy) is 1. The summed E-state index contributed by atoms with van der Waals surface area (Å²) in [5, 5.41) is 25.2. The number of alkyl halides is 1. The van der Waals surface area contributed by atoms with Crippen molar-refractivity contribution in [2.45, 2.75) is 68.7 Å². The number of hydrogen-bond acceptors (Lipinski definition) is 6. The van der Waals surface area contributed by atoms with E-state index in [2.05, 4.69) is 10.3 Å². The Morgan fingerprint density at radius 1 is 1.07 bits per heavy atom. The first-order chi connectivity index (χ1) is 21.5. The SMILES string of the molecule is COC(=O)[C@H]1Cc2c([nH]c3ccccc23)[C@H](c2ccc(C(=O)N[C@H](C(=O)O)C34C[C@@H]5C[C@@H](CC(O)(C5)C3)C4)cc2)N1C(=O)CCl. The number of fused-ring (bicyclic) bond motifs is 3. The van der Waals surface area contributed by atoms with E-state index >= 15 is 0 Å². The van der Waals surface area contributed by atoms with Gasteiger partial charge in [-0.1, -0.05) is 30.3 Å². The van der Waals surface area contributed by atoms with Gasteiger partial charge >= 0.3 is 11.9 Å². The van der Waals surface area contributed by atoms with Crippen LogP contribution >= 0.6 is 11.6 Å². The zero-order valence-corrected chi connectivity index (χ0v) is 25.7. The number of aromatic amines is 1. The molecule has 2 heterocycles. The summed E-state index contributed by atoms with van der Waals surface area (Å²) in [6, 6.07) is 11.6. The molecule has 0 saturated heterocycles. The number of aliphatic carboxylic acids is 1. The molecule has 3 aromatic rings. The fourth-order valence-corrected chi connectivity index (χ4v) is 9.60. The van der Waals surface area contributed by atoms with Gasteiger partial charge < -0.3 is 30.2 Å². The Morgan fingerprint density at radius 2 is 1.76 bits per heavy atom. The molecule has 1 aliphatic heterocycles. The summed E-state index contributed by atoms with van der Waals surface area (Å²) in [4.78, 5) is 57.3. The molecule has 2 unspecified atom stereocenters. The van der Waals surface area contributed by atoms with Crippen molar-refractivity contribution >= 4 is 46.3 Å². The number of nitrogens with zero attached hydrogens (tertiary/aromatic N) is 1. The van der Waals surface area contributed by atoms with Gasteiger partial charge in [0, 0.05) is 34.0 Å². The number of carbonyl (C=O) groups excluding carboxylic acids is 3. The number of nitrogens with one attached hydrogen (secondary N) is 2. The molecule has 4 saturated carbocycles. The third-order valence-corrected chi connectivity index (χ3v) is 10.9. The first kappa shape index (κ1) is 29.8. The summed E-state index contributed by atoms with van der Waals surface area (Å²) in [6.45, 7) is 0. The lowest BCUT2D eigenvalue weighted by Crippen LogP contribution is -2.64. The van der Waals surface area contributed by atoms with E-state index in [-0.39, 0.29) is 29.7 Å². The van der Waals surface area contributed by atoms with Crippen LogP contribution < -0.4 is 5.32 Å². The molecule has 4 aliphatic carbocycles. The molecular formula is C34H36ClN3O7. The third kappa shape index (κ3) is 4.89. The highest BCUT2D eigenvalue weighted by atomic mass is 35.5. The average Bonchev–Trinajstić information content (AvgIpc) is 3.39. The van der Waals surface area contributed by atoms with Crippen molar-refractivity contribution in [2.75, 3.05) is 13.0 Å². The van der Waals surface area contributed by atoms with Crippen LogP contribution in [0.25, 0.3) is 10.9 Å². The number of amides is 2. The number of carbonyl (C=O) groups is 4. The van der Waals surface area contributed by atoms with E-state index in [1.54, 1.807) is 24.3 Å². The van der Waals surface area contributed by atoms with Crippen LogP contribution in [0.2, 0.25) is 0 Å². The van der Waals surface area contributed by atoms with Gasteiger partial charge in [-0.05, 0) is 79.7 Å². The van der Waals surface area contributed by atoms with Crippen molar-refractivity contribution in [1.29, 1.82) is 0 Å². The van der Waals surface area contributed by atoms with E-state index in [1.165, 1.54) is 12.0 Å². The third-order valence-electron chi connectivity index (χ3n) is 10.7. The maximum Gasteiger partial charge on any atom is 0.328 e. The summed E-state index contributed by atoms with van der Waals surface area (Å²) >= 11 is 6.05. The van der Waals surface area contributed by atoms with E-state index in [1.807, 2.05) is 24.3 Å². The largest absolute Gasteiger partial charge is 0.480 e. The quantitative estimate of drug-likeness (QED) is 0.227. The Bertz CT molecular complexity index is 1690. The summed E-state index contributed by atoms with van der Waals surface area (Å²) in [5.41, 5.74) is 1.87. The first-order valence-electron chi connectivity index (χ1n) is 15.5. The molecule has 11 heteroatoms. The van der Waals surface area contributed by atoms with Crippen LogP contribution in [-0.4, -0.2) is 74.5 Å². The van der Waals surface area contributed by atoms with Crippen LogP contribution in [0.5, 0.6) is 0 Å². The molecule has 2 aromatic carbocycles. The van der Waals surface area contributed by atoms with Crippen molar-refractivity contribution in [3.8, 4) is 0 Å². The number of hydrogen-bond donors (Lipinski definition) is 4. The second kappa shape index (κ2) is 10.9. The number of esters is 1. The van der Waals surface area contributed by atoms with Gasteiger partial charge in [-0.3, -0.25) is 9.59 Å². The molecule has 4 N–H and O–H groups in total. The minimum absolute atomic E-state index is 0.251. The number of halogens is 1. The normalized spacial score (nSPS) is 30.5. The lowest BCUT2D eigenvalue weighted by atomic mass is 9.46. The van der Waals surface area contributed by atoms with Gasteiger partial charge in [0.05, 0.1) is 18.8 Å². The molecule has 0 spiro atoms. The van der Waals surface area contributed by atoms with E-state index in [9.17, 15) is 29.4 Å².